The lowest BCUT2D eigenvalue weighted by atomic mass is 10.2. The highest BCUT2D eigenvalue weighted by Gasteiger charge is 1.99. The highest BCUT2D eigenvalue weighted by atomic mass is 16.3. The van der Waals surface area contributed by atoms with Crippen LogP contribution < -0.4 is 5.73 Å². The van der Waals surface area contributed by atoms with Crippen molar-refractivity contribution in [1.82, 2.24) is 0 Å². The van der Waals surface area contributed by atoms with Gasteiger partial charge in [0.25, 0.3) is 0 Å². The molecule has 0 fully saturated rings. The lowest BCUT2D eigenvalue weighted by Gasteiger charge is -1.80. The second-order valence-corrected chi connectivity index (χ2v) is 1.82. The van der Waals surface area contributed by atoms with E-state index in [2.05, 4.69) is 11.8 Å². The zero-order chi connectivity index (χ0) is 8.10. The first-order valence-corrected chi connectivity index (χ1v) is 3.10. The second kappa shape index (κ2) is 3.59. The molecular weight excluding hydrogens is 142 g/mol. The third kappa shape index (κ3) is 1.69. The van der Waals surface area contributed by atoms with Crippen molar-refractivity contribution in [3.05, 3.63) is 23.7 Å². The van der Waals surface area contributed by atoms with E-state index in [0.29, 0.717) is 11.8 Å². The molecule has 56 valence electrons. The minimum Gasteiger partial charge on any atom is -0.460 e. The summed E-state index contributed by atoms with van der Waals surface area (Å²) in [6.07, 6.45) is 2.05. The summed E-state index contributed by atoms with van der Waals surface area (Å²) >= 11 is 0. The van der Waals surface area contributed by atoms with Crippen LogP contribution in [0.5, 0.6) is 0 Å². The number of hydrogen-bond acceptors (Lipinski definition) is 3. The molecule has 11 heavy (non-hydrogen) atoms. The maximum atomic E-state index is 10.3. The van der Waals surface area contributed by atoms with Gasteiger partial charge in [-0.3, -0.25) is 4.79 Å². The van der Waals surface area contributed by atoms with Gasteiger partial charge in [-0.15, -0.1) is 0 Å². The average molecular weight is 149 g/mol. The highest BCUT2D eigenvalue weighted by molar-refractivity contribution is 5.75. The van der Waals surface area contributed by atoms with Gasteiger partial charge in [0, 0.05) is 0 Å². The van der Waals surface area contributed by atoms with E-state index in [4.69, 9.17) is 10.2 Å². The molecule has 3 nitrogen and oxygen atoms in total. The Morgan fingerprint density at radius 3 is 3.18 bits per heavy atom. The molecule has 0 aliphatic rings. The quantitative estimate of drug-likeness (QED) is 0.464. The summed E-state index contributed by atoms with van der Waals surface area (Å²) in [5, 5.41) is 0. The Morgan fingerprint density at radius 2 is 2.55 bits per heavy atom. The monoisotopic (exact) mass is 149 g/mol. The molecular formula is C8H7NO2. The van der Waals surface area contributed by atoms with Crippen LogP contribution in [0.4, 0.5) is 0 Å². The van der Waals surface area contributed by atoms with Crippen LogP contribution >= 0.6 is 0 Å². The van der Waals surface area contributed by atoms with Gasteiger partial charge in [-0.2, -0.15) is 0 Å². The SMILES string of the molecule is NCC#Cc1ccoc1C=O. The molecule has 1 heterocycles. The smallest absolute Gasteiger partial charge is 0.186 e. The number of rotatable bonds is 1. The molecule has 1 aromatic rings. The van der Waals surface area contributed by atoms with E-state index in [1.807, 2.05) is 0 Å². The Bertz CT molecular complexity index is 303. The maximum Gasteiger partial charge on any atom is 0.186 e. The molecule has 0 aromatic carbocycles. The minimum absolute atomic E-state index is 0.256. The Kier molecular flexibility index (Phi) is 2.47. The summed E-state index contributed by atoms with van der Waals surface area (Å²) in [6, 6.07) is 1.63. The maximum absolute atomic E-state index is 10.3. The third-order valence-electron chi connectivity index (χ3n) is 1.13. The standard InChI is InChI=1S/C8H7NO2/c9-4-1-2-7-3-5-11-8(7)6-10/h3,5-6H,4,9H2. The molecule has 2 N–H and O–H groups in total. The van der Waals surface area contributed by atoms with Gasteiger partial charge < -0.3 is 10.2 Å². The van der Waals surface area contributed by atoms with Crippen molar-refractivity contribution in [2.75, 3.05) is 6.54 Å². The predicted octanol–water partition coefficient (Wildman–Crippen LogP) is 0.402. The number of carbonyl (C=O) groups excluding carboxylic acids is 1. The van der Waals surface area contributed by atoms with Gasteiger partial charge in [0.1, 0.15) is 0 Å². The average Bonchev–Trinajstić information content (AvgIpc) is 2.47. The largest absolute Gasteiger partial charge is 0.460 e. The van der Waals surface area contributed by atoms with Gasteiger partial charge in [-0.25, -0.2) is 0 Å². The van der Waals surface area contributed by atoms with Crippen molar-refractivity contribution in [2.24, 2.45) is 5.73 Å². The minimum atomic E-state index is 0.256. The molecule has 1 aromatic heterocycles. The van der Waals surface area contributed by atoms with E-state index < -0.39 is 0 Å². The van der Waals surface area contributed by atoms with Crippen LogP contribution in [0.3, 0.4) is 0 Å². The summed E-state index contributed by atoms with van der Waals surface area (Å²) < 4.78 is 4.80. The number of nitrogens with two attached hydrogens (primary N) is 1. The van der Waals surface area contributed by atoms with Gasteiger partial charge >= 0.3 is 0 Å². The van der Waals surface area contributed by atoms with Crippen LogP contribution in [0.1, 0.15) is 16.1 Å². The summed E-state index contributed by atoms with van der Waals surface area (Å²) in [4.78, 5) is 10.3. The number of carbonyl (C=O) groups is 1. The van der Waals surface area contributed by atoms with Gasteiger partial charge in [0.15, 0.2) is 12.0 Å². The fourth-order valence-corrected chi connectivity index (χ4v) is 0.662. The molecule has 0 saturated carbocycles. The Hall–Kier alpha value is -1.53. The van der Waals surface area contributed by atoms with Crippen molar-refractivity contribution in [3.63, 3.8) is 0 Å². The van der Waals surface area contributed by atoms with Gasteiger partial charge in [-0.05, 0) is 6.07 Å². The third-order valence-corrected chi connectivity index (χ3v) is 1.13. The molecule has 0 aliphatic carbocycles. The zero-order valence-corrected chi connectivity index (χ0v) is 5.83. The molecule has 0 atom stereocenters. The van der Waals surface area contributed by atoms with E-state index in [1.165, 1.54) is 6.26 Å². The van der Waals surface area contributed by atoms with Crippen LogP contribution in [-0.2, 0) is 0 Å². The summed E-state index contributed by atoms with van der Waals surface area (Å²) in [5.74, 6) is 5.58. The number of hydrogen-bond donors (Lipinski definition) is 1. The normalized spacial score (nSPS) is 8.45. The van der Waals surface area contributed by atoms with Crippen LogP contribution in [-0.4, -0.2) is 12.8 Å². The van der Waals surface area contributed by atoms with Crippen LogP contribution in [0, 0.1) is 11.8 Å². The van der Waals surface area contributed by atoms with Crippen molar-refractivity contribution in [1.29, 1.82) is 0 Å². The molecule has 3 heteroatoms. The fourth-order valence-electron chi connectivity index (χ4n) is 0.662. The van der Waals surface area contributed by atoms with Crippen molar-refractivity contribution in [3.8, 4) is 11.8 Å². The van der Waals surface area contributed by atoms with E-state index in [-0.39, 0.29) is 12.3 Å². The zero-order valence-electron chi connectivity index (χ0n) is 5.83. The first kappa shape index (κ1) is 7.58. The molecule has 0 bridgehead atoms. The molecule has 0 amide bonds. The molecule has 0 aliphatic heterocycles. The Labute approximate surface area is 64.2 Å². The topological polar surface area (TPSA) is 56.2 Å². The molecule has 0 spiro atoms. The Morgan fingerprint density at radius 1 is 1.73 bits per heavy atom. The van der Waals surface area contributed by atoms with Crippen molar-refractivity contribution >= 4 is 6.29 Å². The fraction of sp³-hybridized carbons (Fsp3) is 0.125. The Balaban J connectivity index is 2.93. The highest BCUT2D eigenvalue weighted by Crippen LogP contribution is 2.04. The first-order valence-electron chi connectivity index (χ1n) is 3.10. The van der Waals surface area contributed by atoms with E-state index >= 15 is 0 Å². The molecule has 0 saturated heterocycles. The van der Waals surface area contributed by atoms with Crippen LogP contribution in [0.25, 0.3) is 0 Å². The van der Waals surface area contributed by atoms with Gasteiger partial charge in [-0.1, -0.05) is 11.8 Å². The van der Waals surface area contributed by atoms with Gasteiger partial charge in [0.05, 0.1) is 18.4 Å². The predicted molar refractivity (Wildman–Crippen MR) is 40.0 cm³/mol. The summed E-state index contributed by atoms with van der Waals surface area (Å²) in [6.45, 7) is 0.281. The lowest BCUT2D eigenvalue weighted by molar-refractivity contribution is 0.110. The molecule has 0 unspecified atom stereocenters. The van der Waals surface area contributed by atoms with E-state index in [0.717, 1.165) is 0 Å². The van der Waals surface area contributed by atoms with E-state index in [1.54, 1.807) is 6.07 Å². The van der Waals surface area contributed by atoms with Gasteiger partial charge in [0.2, 0.25) is 0 Å². The summed E-state index contributed by atoms with van der Waals surface area (Å²) in [5.41, 5.74) is 5.73. The van der Waals surface area contributed by atoms with Crippen molar-refractivity contribution < 1.29 is 9.21 Å². The molecule has 0 radical (unpaired) electrons. The van der Waals surface area contributed by atoms with E-state index in [9.17, 15) is 4.79 Å². The second-order valence-electron chi connectivity index (χ2n) is 1.82. The van der Waals surface area contributed by atoms with Crippen LogP contribution in [0.15, 0.2) is 16.7 Å². The molecule has 1 rings (SSSR count). The summed E-state index contributed by atoms with van der Waals surface area (Å²) in [7, 11) is 0. The lowest BCUT2D eigenvalue weighted by Crippen LogP contribution is -1.93. The van der Waals surface area contributed by atoms with Crippen LogP contribution in [0.2, 0.25) is 0 Å². The number of aldehydes is 1. The first-order chi connectivity index (χ1) is 5.38. The number of furan rings is 1. The van der Waals surface area contributed by atoms with Crippen molar-refractivity contribution in [2.45, 2.75) is 0 Å².